The van der Waals surface area contributed by atoms with Crippen molar-refractivity contribution in [2.45, 2.75) is 13.5 Å². The second-order valence-corrected chi connectivity index (χ2v) is 5.41. The van der Waals surface area contributed by atoms with Gasteiger partial charge in [0.15, 0.2) is 5.84 Å². The average Bonchev–Trinajstić information content (AvgIpc) is 2.45. The van der Waals surface area contributed by atoms with E-state index in [1.165, 1.54) is 5.56 Å². The quantitative estimate of drug-likeness (QED) is 0.347. The van der Waals surface area contributed by atoms with Crippen LogP contribution in [0.25, 0.3) is 0 Å². The molecule has 2 aromatic rings. The molecule has 20 heavy (non-hydrogen) atoms. The van der Waals surface area contributed by atoms with E-state index in [1.54, 1.807) is 0 Å². The standard InChI is InChI=1S/C15H16BrN3O/c1-10-7-11(15(17)19-20)5-6-12(10)9-18-14-4-2-3-13(16)8-14/h2-8,18,20H,9H2,1H3,(H2,17,19). The summed E-state index contributed by atoms with van der Waals surface area (Å²) in [6, 6.07) is 13.8. The van der Waals surface area contributed by atoms with Gasteiger partial charge in [0.2, 0.25) is 0 Å². The molecule has 0 amide bonds. The van der Waals surface area contributed by atoms with Crippen molar-refractivity contribution in [1.29, 1.82) is 0 Å². The smallest absolute Gasteiger partial charge is 0.170 e. The third-order valence-corrected chi connectivity index (χ3v) is 3.55. The third kappa shape index (κ3) is 3.51. The number of benzene rings is 2. The fourth-order valence-corrected chi connectivity index (χ4v) is 2.31. The predicted molar refractivity (Wildman–Crippen MR) is 85.2 cm³/mol. The lowest BCUT2D eigenvalue weighted by Crippen LogP contribution is -2.13. The molecule has 0 unspecified atom stereocenters. The molecular weight excluding hydrogens is 318 g/mol. The number of anilines is 1. The molecule has 0 aliphatic carbocycles. The Kier molecular flexibility index (Phi) is 4.63. The van der Waals surface area contributed by atoms with Crippen LogP contribution in [-0.2, 0) is 6.54 Å². The molecule has 0 aliphatic rings. The zero-order valence-corrected chi connectivity index (χ0v) is 12.7. The Morgan fingerprint density at radius 3 is 2.75 bits per heavy atom. The maximum absolute atomic E-state index is 8.67. The van der Waals surface area contributed by atoms with E-state index < -0.39 is 0 Å². The first kappa shape index (κ1) is 14.4. The van der Waals surface area contributed by atoms with Gasteiger partial charge in [-0.2, -0.15) is 0 Å². The zero-order valence-electron chi connectivity index (χ0n) is 11.1. The number of nitrogens with one attached hydrogen (secondary N) is 1. The minimum atomic E-state index is 0.125. The molecule has 0 heterocycles. The predicted octanol–water partition coefficient (Wildman–Crippen LogP) is 3.46. The maximum atomic E-state index is 8.67. The van der Waals surface area contributed by atoms with E-state index in [0.29, 0.717) is 0 Å². The molecule has 4 nitrogen and oxygen atoms in total. The zero-order chi connectivity index (χ0) is 14.5. The Morgan fingerprint density at radius 2 is 2.10 bits per heavy atom. The van der Waals surface area contributed by atoms with Crippen molar-refractivity contribution >= 4 is 27.5 Å². The van der Waals surface area contributed by atoms with E-state index in [9.17, 15) is 0 Å². The van der Waals surface area contributed by atoms with Gasteiger partial charge in [-0.15, -0.1) is 0 Å². The average molecular weight is 334 g/mol. The summed E-state index contributed by atoms with van der Waals surface area (Å²) in [5.74, 6) is 0.125. The molecule has 0 bridgehead atoms. The summed E-state index contributed by atoms with van der Waals surface area (Å²) in [4.78, 5) is 0. The molecule has 0 aromatic heterocycles. The van der Waals surface area contributed by atoms with Crippen molar-refractivity contribution in [3.05, 3.63) is 63.6 Å². The van der Waals surface area contributed by atoms with E-state index in [1.807, 2.05) is 49.4 Å². The fourth-order valence-electron chi connectivity index (χ4n) is 1.91. The van der Waals surface area contributed by atoms with Gasteiger partial charge < -0.3 is 16.3 Å². The van der Waals surface area contributed by atoms with Crippen LogP contribution in [0.5, 0.6) is 0 Å². The van der Waals surface area contributed by atoms with Gasteiger partial charge in [-0.25, -0.2) is 0 Å². The van der Waals surface area contributed by atoms with Crippen molar-refractivity contribution < 1.29 is 5.21 Å². The molecule has 4 N–H and O–H groups in total. The van der Waals surface area contributed by atoms with E-state index in [4.69, 9.17) is 10.9 Å². The van der Waals surface area contributed by atoms with Crippen molar-refractivity contribution in [1.82, 2.24) is 0 Å². The summed E-state index contributed by atoms with van der Waals surface area (Å²) >= 11 is 3.45. The monoisotopic (exact) mass is 333 g/mol. The van der Waals surface area contributed by atoms with Crippen LogP contribution in [0.2, 0.25) is 0 Å². The molecule has 2 aromatic carbocycles. The first-order chi connectivity index (χ1) is 9.60. The molecule has 0 spiro atoms. The van der Waals surface area contributed by atoms with Crippen LogP contribution in [0.4, 0.5) is 5.69 Å². The van der Waals surface area contributed by atoms with Crippen LogP contribution >= 0.6 is 15.9 Å². The van der Waals surface area contributed by atoms with Crippen LogP contribution < -0.4 is 11.1 Å². The number of aryl methyl sites for hydroxylation is 1. The van der Waals surface area contributed by atoms with Gasteiger partial charge in [-0.3, -0.25) is 0 Å². The van der Waals surface area contributed by atoms with Crippen molar-refractivity contribution in [3.8, 4) is 0 Å². The lowest BCUT2D eigenvalue weighted by molar-refractivity contribution is 0.318. The Labute approximate surface area is 126 Å². The molecule has 0 saturated carbocycles. The lowest BCUT2D eigenvalue weighted by atomic mass is 10.0. The molecule has 0 saturated heterocycles. The van der Waals surface area contributed by atoms with Crippen molar-refractivity contribution in [2.75, 3.05) is 5.32 Å². The number of halogens is 1. The van der Waals surface area contributed by atoms with E-state index >= 15 is 0 Å². The summed E-state index contributed by atoms with van der Waals surface area (Å²) in [6.07, 6.45) is 0. The van der Waals surface area contributed by atoms with Gasteiger partial charge in [0.1, 0.15) is 0 Å². The molecule has 5 heteroatoms. The number of hydrogen-bond donors (Lipinski definition) is 3. The summed E-state index contributed by atoms with van der Waals surface area (Å²) < 4.78 is 1.04. The highest BCUT2D eigenvalue weighted by Gasteiger charge is 2.04. The second-order valence-electron chi connectivity index (χ2n) is 4.49. The van der Waals surface area contributed by atoms with Crippen molar-refractivity contribution in [2.24, 2.45) is 10.9 Å². The minimum Gasteiger partial charge on any atom is -0.409 e. The van der Waals surface area contributed by atoms with Crippen LogP contribution in [0.3, 0.4) is 0 Å². The van der Waals surface area contributed by atoms with Gasteiger partial charge in [0, 0.05) is 22.3 Å². The summed E-state index contributed by atoms with van der Waals surface area (Å²) in [5, 5.41) is 15.0. The molecule has 0 radical (unpaired) electrons. The molecule has 104 valence electrons. The fraction of sp³-hybridized carbons (Fsp3) is 0.133. The topological polar surface area (TPSA) is 70.6 Å². The molecule has 0 atom stereocenters. The normalized spacial score (nSPS) is 11.4. The van der Waals surface area contributed by atoms with Gasteiger partial charge in [0.05, 0.1) is 0 Å². The lowest BCUT2D eigenvalue weighted by Gasteiger charge is -2.10. The Balaban J connectivity index is 2.11. The molecule has 0 fully saturated rings. The van der Waals surface area contributed by atoms with Crippen LogP contribution in [0.15, 0.2) is 52.1 Å². The second kappa shape index (κ2) is 6.43. The van der Waals surface area contributed by atoms with E-state index in [0.717, 1.165) is 27.8 Å². The number of nitrogens with zero attached hydrogens (tertiary/aromatic N) is 1. The van der Waals surface area contributed by atoms with Crippen LogP contribution in [-0.4, -0.2) is 11.0 Å². The number of rotatable bonds is 4. The Bertz CT molecular complexity index is 641. The van der Waals surface area contributed by atoms with Gasteiger partial charge >= 0.3 is 0 Å². The number of oxime groups is 1. The summed E-state index contributed by atoms with van der Waals surface area (Å²) in [5.41, 5.74) is 9.61. The SMILES string of the molecule is Cc1cc(/C(N)=N/O)ccc1CNc1cccc(Br)c1. The maximum Gasteiger partial charge on any atom is 0.170 e. The van der Waals surface area contributed by atoms with Crippen LogP contribution in [0.1, 0.15) is 16.7 Å². The number of amidine groups is 1. The van der Waals surface area contributed by atoms with Crippen LogP contribution in [0, 0.1) is 6.92 Å². The first-order valence-electron chi connectivity index (χ1n) is 6.17. The van der Waals surface area contributed by atoms with Gasteiger partial charge in [0.25, 0.3) is 0 Å². The largest absolute Gasteiger partial charge is 0.409 e. The molecular formula is C15H16BrN3O. The van der Waals surface area contributed by atoms with Gasteiger partial charge in [-0.05, 0) is 42.3 Å². The molecule has 2 rings (SSSR count). The Morgan fingerprint density at radius 1 is 1.30 bits per heavy atom. The van der Waals surface area contributed by atoms with E-state index in [-0.39, 0.29) is 5.84 Å². The summed E-state index contributed by atoms with van der Waals surface area (Å²) in [7, 11) is 0. The number of nitrogens with two attached hydrogens (primary N) is 1. The highest BCUT2D eigenvalue weighted by Crippen LogP contribution is 2.18. The minimum absolute atomic E-state index is 0.125. The summed E-state index contributed by atoms with van der Waals surface area (Å²) in [6.45, 7) is 2.73. The highest BCUT2D eigenvalue weighted by molar-refractivity contribution is 9.10. The van der Waals surface area contributed by atoms with E-state index in [2.05, 4.69) is 26.4 Å². The first-order valence-corrected chi connectivity index (χ1v) is 6.96. The highest BCUT2D eigenvalue weighted by atomic mass is 79.9. The Hall–Kier alpha value is -2.01. The third-order valence-electron chi connectivity index (χ3n) is 3.05. The van der Waals surface area contributed by atoms with Gasteiger partial charge in [-0.1, -0.05) is 39.3 Å². The van der Waals surface area contributed by atoms with Crippen molar-refractivity contribution in [3.63, 3.8) is 0 Å². The number of hydrogen-bond acceptors (Lipinski definition) is 3. The molecule has 0 aliphatic heterocycles.